The number of nitrogens with one attached hydrogen (secondary N) is 1. The molecule has 0 spiro atoms. The highest BCUT2D eigenvalue weighted by atomic mass is 32.2. The molecule has 1 heterocycles. The van der Waals surface area contributed by atoms with E-state index in [2.05, 4.69) is 16.6 Å². The Morgan fingerprint density at radius 1 is 1.10 bits per heavy atom. The van der Waals surface area contributed by atoms with Crippen LogP contribution in [0.5, 0.6) is 5.75 Å². The van der Waals surface area contributed by atoms with E-state index in [4.69, 9.17) is 4.74 Å². The van der Waals surface area contributed by atoms with Gasteiger partial charge in [-0.15, -0.1) is 5.92 Å². The summed E-state index contributed by atoms with van der Waals surface area (Å²) in [6.07, 6.45) is -3.03. The highest BCUT2D eigenvalue weighted by molar-refractivity contribution is 7.89. The molecule has 2 N–H and O–H groups in total. The number of nitrogens with zero attached hydrogens (tertiary/aromatic N) is 1. The van der Waals surface area contributed by atoms with Crippen molar-refractivity contribution in [3.8, 4) is 17.6 Å². The number of alkyl halides is 3. The number of hydrogen-bond acceptors (Lipinski definition) is 4. The van der Waals surface area contributed by atoms with Gasteiger partial charge in [0.05, 0.1) is 10.5 Å². The summed E-state index contributed by atoms with van der Waals surface area (Å²) in [4.78, 5) is 12.0. The maximum Gasteiger partial charge on any atom is 0.416 e. The molecule has 0 aliphatic heterocycles. The molecule has 1 atom stereocenters. The summed E-state index contributed by atoms with van der Waals surface area (Å²) < 4.78 is 75.2. The molecule has 7 nitrogen and oxygen atoms in total. The van der Waals surface area contributed by atoms with Gasteiger partial charge in [-0.25, -0.2) is 8.42 Å². The van der Waals surface area contributed by atoms with Gasteiger partial charge >= 0.3 is 12.1 Å². The van der Waals surface area contributed by atoms with E-state index < -0.39 is 33.8 Å². The van der Waals surface area contributed by atoms with Crippen LogP contribution in [0.25, 0.3) is 10.9 Å². The van der Waals surface area contributed by atoms with Crippen molar-refractivity contribution >= 4 is 26.9 Å². The molecular formula is C30H27F3N2O5S. The lowest BCUT2D eigenvalue weighted by atomic mass is 10.0. The molecule has 3 aromatic carbocycles. The van der Waals surface area contributed by atoms with Crippen LogP contribution in [-0.2, 0) is 34.0 Å². The minimum absolute atomic E-state index is 0.102. The van der Waals surface area contributed by atoms with Crippen LogP contribution in [-0.4, -0.2) is 36.7 Å². The fourth-order valence-corrected chi connectivity index (χ4v) is 5.57. The molecule has 4 aromatic rings. The standard InChI is InChI=1S/C30H27F3N2O5S/c1-3-4-14-40-24-9-11-25(12-10-24)41(38,39)34-27(29(36)37)17-22-19-35(28-13-8-20(2)15-26(22)28)18-21-6-5-7-23(16-21)30(31,32)33/h5-13,15-16,19,27,34H,14,17-18H2,1-2H3,(H,36,37)/t27-/m0/s1. The number of carboxylic acid groups (broad SMARTS) is 1. The van der Waals surface area contributed by atoms with E-state index >= 15 is 0 Å². The van der Waals surface area contributed by atoms with E-state index in [1.165, 1.54) is 30.3 Å². The summed E-state index contributed by atoms with van der Waals surface area (Å²) in [5, 5.41) is 10.6. The number of rotatable bonds is 10. The molecule has 4 rings (SSSR count). The van der Waals surface area contributed by atoms with Crippen LogP contribution >= 0.6 is 0 Å². The third-order valence-corrected chi connectivity index (χ3v) is 7.86. The maximum absolute atomic E-state index is 13.2. The Bertz CT molecular complexity index is 1730. The number of fused-ring (bicyclic) bond motifs is 1. The zero-order chi connectivity index (χ0) is 29.8. The zero-order valence-corrected chi connectivity index (χ0v) is 23.0. The smallest absolute Gasteiger partial charge is 0.416 e. The Labute approximate surface area is 235 Å². The third-order valence-electron chi connectivity index (χ3n) is 6.37. The molecule has 41 heavy (non-hydrogen) atoms. The van der Waals surface area contributed by atoms with Gasteiger partial charge in [-0.2, -0.15) is 17.9 Å². The van der Waals surface area contributed by atoms with Crippen molar-refractivity contribution in [2.45, 2.75) is 43.9 Å². The number of sulfonamides is 1. The van der Waals surface area contributed by atoms with E-state index in [1.807, 2.05) is 19.1 Å². The Balaban J connectivity index is 1.61. The molecule has 11 heteroatoms. The van der Waals surface area contributed by atoms with Crippen molar-refractivity contribution in [1.29, 1.82) is 0 Å². The summed E-state index contributed by atoms with van der Waals surface area (Å²) in [6, 6.07) is 14.5. The fourth-order valence-electron chi connectivity index (χ4n) is 4.38. The first-order valence-electron chi connectivity index (χ1n) is 12.5. The molecule has 0 saturated carbocycles. The molecular weight excluding hydrogens is 557 g/mol. The number of carboxylic acids is 1. The molecule has 0 amide bonds. The largest absolute Gasteiger partial charge is 0.481 e. The van der Waals surface area contributed by atoms with Gasteiger partial charge in [0.2, 0.25) is 10.0 Å². The summed E-state index contributed by atoms with van der Waals surface area (Å²) in [5.74, 6) is 4.44. The first-order chi connectivity index (χ1) is 19.4. The van der Waals surface area contributed by atoms with E-state index in [9.17, 15) is 31.5 Å². The van der Waals surface area contributed by atoms with Crippen molar-refractivity contribution in [2.75, 3.05) is 6.61 Å². The first-order valence-corrected chi connectivity index (χ1v) is 14.0. The number of hydrogen-bond donors (Lipinski definition) is 2. The lowest BCUT2D eigenvalue weighted by Crippen LogP contribution is -2.42. The molecule has 0 bridgehead atoms. The molecule has 0 fully saturated rings. The van der Waals surface area contributed by atoms with E-state index in [0.29, 0.717) is 27.8 Å². The predicted octanol–water partition coefficient (Wildman–Crippen LogP) is 5.39. The number of benzene rings is 3. The zero-order valence-electron chi connectivity index (χ0n) is 22.2. The van der Waals surface area contributed by atoms with Gasteiger partial charge < -0.3 is 14.4 Å². The van der Waals surface area contributed by atoms with Crippen LogP contribution in [0.15, 0.2) is 77.8 Å². The molecule has 0 radical (unpaired) electrons. The number of aliphatic carboxylic acids is 1. The van der Waals surface area contributed by atoms with Gasteiger partial charge in [0.15, 0.2) is 0 Å². The summed E-state index contributed by atoms with van der Waals surface area (Å²) in [5.41, 5.74) is 1.74. The summed E-state index contributed by atoms with van der Waals surface area (Å²) in [6.45, 7) is 3.76. The second-order valence-electron chi connectivity index (χ2n) is 9.40. The minimum atomic E-state index is -4.49. The topological polar surface area (TPSA) is 97.6 Å². The van der Waals surface area contributed by atoms with Crippen molar-refractivity contribution in [3.63, 3.8) is 0 Å². The van der Waals surface area contributed by atoms with Crippen LogP contribution in [0.4, 0.5) is 13.2 Å². The Morgan fingerprint density at radius 2 is 1.83 bits per heavy atom. The van der Waals surface area contributed by atoms with Crippen LogP contribution in [0.3, 0.4) is 0 Å². The molecule has 0 aliphatic carbocycles. The van der Waals surface area contributed by atoms with Gasteiger partial charge in [0.25, 0.3) is 0 Å². The fraction of sp³-hybridized carbons (Fsp3) is 0.233. The molecule has 1 aromatic heterocycles. The third kappa shape index (κ3) is 7.28. The lowest BCUT2D eigenvalue weighted by Gasteiger charge is -2.15. The number of carbonyl (C=O) groups is 1. The first kappa shape index (κ1) is 29.7. The van der Waals surface area contributed by atoms with Crippen molar-refractivity contribution in [1.82, 2.24) is 9.29 Å². The average Bonchev–Trinajstić information content (AvgIpc) is 3.24. The second kappa shape index (κ2) is 12.1. The highest BCUT2D eigenvalue weighted by Gasteiger charge is 2.30. The second-order valence-corrected chi connectivity index (χ2v) is 11.1. The van der Waals surface area contributed by atoms with Crippen molar-refractivity contribution in [3.05, 3.63) is 95.2 Å². The number of aryl methyl sites for hydroxylation is 1. The summed E-state index contributed by atoms with van der Waals surface area (Å²) >= 11 is 0. The SMILES string of the molecule is CC#CCOc1ccc(S(=O)(=O)N[C@@H](Cc2cn(Cc3cccc(C(F)(F)F)c3)c3ccc(C)cc23)C(=O)O)cc1. The van der Waals surface area contributed by atoms with Gasteiger partial charge in [0, 0.05) is 30.1 Å². The van der Waals surface area contributed by atoms with Crippen molar-refractivity contribution in [2.24, 2.45) is 0 Å². The molecule has 0 aliphatic rings. The monoisotopic (exact) mass is 584 g/mol. The maximum atomic E-state index is 13.2. The Hall–Kier alpha value is -4.27. The van der Waals surface area contributed by atoms with E-state index in [0.717, 1.165) is 17.7 Å². The van der Waals surface area contributed by atoms with Gasteiger partial charge in [-0.1, -0.05) is 29.7 Å². The van der Waals surface area contributed by atoms with Crippen LogP contribution in [0.2, 0.25) is 0 Å². The van der Waals surface area contributed by atoms with Crippen LogP contribution in [0, 0.1) is 18.8 Å². The van der Waals surface area contributed by atoms with E-state index in [1.54, 1.807) is 29.8 Å². The van der Waals surface area contributed by atoms with Crippen LogP contribution < -0.4 is 9.46 Å². The Kier molecular flexibility index (Phi) is 8.75. The van der Waals surface area contributed by atoms with Gasteiger partial charge in [0.1, 0.15) is 18.4 Å². The Morgan fingerprint density at radius 3 is 2.49 bits per heavy atom. The molecule has 0 saturated heterocycles. The normalized spacial score (nSPS) is 12.5. The highest BCUT2D eigenvalue weighted by Crippen LogP contribution is 2.31. The predicted molar refractivity (Wildman–Crippen MR) is 148 cm³/mol. The number of halogens is 3. The van der Waals surface area contributed by atoms with Crippen molar-refractivity contribution < 1.29 is 36.2 Å². The molecule has 214 valence electrons. The number of ether oxygens (including phenoxy) is 1. The average molecular weight is 585 g/mol. The quantitative estimate of drug-likeness (QED) is 0.244. The van der Waals surface area contributed by atoms with Gasteiger partial charge in [-0.05, 0) is 73.5 Å². The van der Waals surface area contributed by atoms with Gasteiger partial charge in [-0.3, -0.25) is 4.79 Å². The minimum Gasteiger partial charge on any atom is -0.481 e. The van der Waals surface area contributed by atoms with Crippen LogP contribution in [0.1, 0.15) is 29.2 Å². The molecule has 0 unspecified atom stereocenters. The number of aromatic nitrogens is 1. The summed E-state index contributed by atoms with van der Waals surface area (Å²) in [7, 11) is -4.22. The lowest BCUT2D eigenvalue weighted by molar-refractivity contribution is -0.139. The van der Waals surface area contributed by atoms with E-state index in [-0.39, 0.29) is 24.5 Å².